The van der Waals surface area contributed by atoms with Crippen molar-refractivity contribution in [2.45, 2.75) is 29.8 Å². The number of aliphatic hydroxyl groups excluding tert-OH is 2. The second-order valence-corrected chi connectivity index (χ2v) is 8.27. The van der Waals surface area contributed by atoms with E-state index in [-0.39, 0.29) is 0 Å². The summed E-state index contributed by atoms with van der Waals surface area (Å²) in [5.74, 6) is -19.5. The maximum atomic E-state index is 13.2. The van der Waals surface area contributed by atoms with Gasteiger partial charge in [-0.3, -0.25) is 14.4 Å². The van der Waals surface area contributed by atoms with Crippen molar-refractivity contribution in [3.8, 4) is 23.0 Å². The number of phenolic OH excluding ortho intramolecular Hbond substituents is 4. The highest BCUT2D eigenvalue weighted by Gasteiger charge is 2.72. The summed E-state index contributed by atoms with van der Waals surface area (Å²) in [4.78, 5) is 49.9. The molecule has 0 saturated carbocycles. The van der Waals surface area contributed by atoms with Crippen molar-refractivity contribution >= 4 is 17.5 Å². The predicted molar refractivity (Wildman–Crippen MR) is 103 cm³/mol. The molecule has 34 heavy (non-hydrogen) atoms. The lowest BCUT2D eigenvalue weighted by Crippen LogP contribution is -2.68. The number of nitrogens with zero attached hydrogens (tertiary/aromatic N) is 1. The van der Waals surface area contributed by atoms with Gasteiger partial charge in [-0.2, -0.15) is 0 Å². The number of rotatable bonds is 2. The largest absolute Gasteiger partial charge is 0.509 e. The smallest absolute Gasteiger partial charge is 0.256 e. The second-order valence-electron chi connectivity index (χ2n) is 8.27. The number of aromatic hydroxyl groups is 4. The van der Waals surface area contributed by atoms with E-state index >= 15 is 0 Å². The first-order valence-electron chi connectivity index (χ1n) is 9.37. The van der Waals surface area contributed by atoms with Gasteiger partial charge in [-0.15, -0.1) is 4.91 Å². The summed E-state index contributed by atoms with van der Waals surface area (Å²) < 4.78 is 0. The Morgan fingerprint density at radius 3 is 2.00 bits per heavy atom. The molecule has 0 aliphatic heterocycles. The van der Waals surface area contributed by atoms with E-state index < -0.39 is 110 Å². The summed E-state index contributed by atoms with van der Waals surface area (Å²) in [6, 6.07) is 0. The topological polar surface area (TPSA) is 289 Å². The highest BCUT2D eigenvalue weighted by molar-refractivity contribution is 6.25. The van der Waals surface area contributed by atoms with Crippen molar-refractivity contribution in [1.29, 1.82) is 0 Å². The lowest BCUT2D eigenvalue weighted by molar-refractivity contribution is -0.224. The van der Waals surface area contributed by atoms with E-state index in [1.807, 2.05) is 0 Å². The summed E-state index contributed by atoms with van der Waals surface area (Å²) >= 11 is 0. The molecule has 3 unspecified atom stereocenters. The number of hydrogen-bond acceptors (Lipinski definition) is 14. The Hall–Kier alpha value is -4.21. The van der Waals surface area contributed by atoms with Crippen molar-refractivity contribution in [2.24, 2.45) is 16.8 Å². The van der Waals surface area contributed by atoms with Gasteiger partial charge in [-0.05, 0) is 11.6 Å². The zero-order chi connectivity index (χ0) is 25.7. The first-order valence-corrected chi connectivity index (χ1v) is 9.37. The average Bonchev–Trinajstić information content (AvgIpc) is 2.74. The molecule has 3 aliphatic carbocycles. The van der Waals surface area contributed by atoms with Crippen LogP contribution in [0.25, 0.3) is 0 Å². The summed E-state index contributed by atoms with van der Waals surface area (Å²) in [5, 5.41) is 95.7. The molecule has 0 spiro atoms. The summed E-state index contributed by atoms with van der Waals surface area (Å²) in [6.45, 7) is 0. The van der Waals surface area contributed by atoms with Crippen LogP contribution in [0.5, 0.6) is 23.0 Å². The fraction of sp³-hybridized carbons (Fsp3) is 0.316. The molecule has 11 N–H and O–H groups in total. The van der Waals surface area contributed by atoms with Crippen molar-refractivity contribution in [3.05, 3.63) is 38.7 Å². The maximum Gasteiger partial charge on any atom is 0.256 e. The molecule has 180 valence electrons. The molecule has 1 amide bonds. The molecule has 15 nitrogen and oxygen atoms in total. The number of aliphatic hydroxyl groups is 5. The van der Waals surface area contributed by atoms with E-state index in [9.17, 15) is 65.2 Å². The highest BCUT2D eigenvalue weighted by atomic mass is 16.5. The van der Waals surface area contributed by atoms with Gasteiger partial charge in [-0.1, -0.05) is 0 Å². The summed E-state index contributed by atoms with van der Waals surface area (Å²) in [6.07, 6.45) is -2.11. The minimum absolute atomic E-state index is 0.635. The molecular formula is C19H16N2O13. The van der Waals surface area contributed by atoms with Gasteiger partial charge in [0.2, 0.25) is 28.6 Å². The molecule has 3 atom stereocenters. The molecule has 0 aromatic heterocycles. The summed E-state index contributed by atoms with van der Waals surface area (Å²) in [7, 11) is 0. The van der Waals surface area contributed by atoms with Gasteiger partial charge >= 0.3 is 0 Å². The monoisotopic (exact) mass is 480 g/mol. The van der Waals surface area contributed by atoms with E-state index in [0.29, 0.717) is 0 Å². The average molecular weight is 480 g/mol. The molecule has 4 rings (SSSR count). The molecule has 0 fully saturated rings. The van der Waals surface area contributed by atoms with E-state index in [1.165, 1.54) is 0 Å². The van der Waals surface area contributed by atoms with E-state index in [0.717, 1.165) is 0 Å². The maximum absolute atomic E-state index is 13.2. The number of carbonyl (C=O) groups is 3. The Bertz CT molecular complexity index is 1310. The van der Waals surface area contributed by atoms with Crippen LogP contribution in [0.4, 0.5) is 0 Å². The zero-order valence-corrected chi connectivity index (χ0v) is 16.7. The number of amides is 1. The third-order valence-electron chi connectivity index (χ3n) is 6.56. The fourth-order valence-electron chi connectivity index (χ4n) is 4.95. The molecule has 0 radical (unpaired) electrons. The summed E-state index contributed by atoms with van der Waals surface area (Å²) in [5.41, 5.74) is -5.28. The second kappa shape index (κ2) is 6.43. The minimum Gasteiger partial charge on any atom is -0.509 e. The van der Waals surface area contributed by atoms with Crippen LogP contribution < -0.4 is 5.73 Å². The van der Waals surface area contributed by atoms with Gasteiger partial charge in [0.1, 0.15) is 16.9 Å². The molecule has 3 aliphatic rings. The van der Waals surface area contributed by atoms with Gasteiger partial charge < -0.3 is 51.7 Å². The molecule has 15 heteroatoms. The molecule has 1 aromatic carbocycles. The Balaban J connectivity index is 2.11. The number of nitroso groups, excluding NO2 is 1. The lowest BCUT2D eigenvalue weighted by atomic mass is 9.55. The van der Waals surface area contributed by atoms with Crippen LogP contribution in [0.2, 0.25) is 0 Å². The number of Topliss-reactive ketones (excluding diaryl/α,β-unsaturated/α-hetero) is 2. The number of benzene rings is 1. The van der Waals surface area contributed by atoms with Crippen LogP contribution in [-0.2, 0) is 16.0 Å². The van der Waals surface area contributed by atoms with Crippen LogP contribution in [-0.4, -0.2) is 80.4 Å². The predicted octanol–water partition coefficient (Wildman–Crippen LogP) is -2.12. The molecule has 1 aromatic rings. The van der Waals surface area contributed by atoms with E-state index in [4.69, 9.17) is 5.73 Å². The van der Waals surface area contributed by atoms with Gasteiger partial charge in [-0.25, -0.2) is 0 Å². The number of fused-ring (bicyclic) bond motifs is 3. The zero-order valence-electron chi connectivity index (χ0n) is 16.7. The van der Waals surface area contributed by atoms with Gasteiger partial charge in [0.05, 0.1) is 17.1 Å². The first kappa shape index (κ1) is 23.0. The molecular weight excluding hydrogens is 464 g/mol. The van der Waals surface area contributed by atoms with E-state index in [1.54, 1.807) is 0 Å². The van der Waals surface area contributed by atoms with Crippen LogP contribution >= 0.6 is 0 Å². The Kier molecular flexibility index (Phi) is 4.35. The number of ketones is 2. The number of phenols is 4. The van der Waals surface area contributed by atoms with Crippen LogP contribution in [0, 0.1) is 10.8 Å². The highest BCUT2D eigenvalue weighted by Crippen LogP contribution is 2.59. The number of primary amides is 1. The minimum atomic E-state index is -3.66. The lowest BCUT2D eigenvalue weighted by Gasteiger charge is -2.51. The molecule has 0 bridgehead atoms. The Labute approximate surface area is 186 Å². The van der Waals surface area contributed by atoms with Crippen LogP contribution in [0.3, 0.4) is 0 Å². The molecule has 0 heterocycles. The van der Waals surface area contributed by atoms with Crippen molar-refractivity contribution < 1.29 is 60.3 Å². The normalized spacial score (nSPS) is 29.9. The standard InChI is InChI=1S/C19H16N2O13/c20-16(30)6-13(27)18(21-34)4(19(32,33)14(6)28)2-17(31)1-3-5(9(23)7(17)15(18)29)10(24)12(26)11(25)8(3)22/h4,22,24-26,28-29,31-33H,1-2H2,(H2,20,30). The number of hydrogen-bond donors (Lipinski definition) is 10. The van der Waals surface area contributed by atoms with Crippen molar-refractivity contribution in [1.82, 2.24) is 0 Å². The van der Waals surface area contributed by atoms with Crippen LogP contribution in [0.15, 0.2) is 27.8 Å². The van der Waals surface area contributed by atoms with Gasteiger partial charge in [0.25, 0.3) is 5.91 Å². The SMILES string of the molecule is NC(=O)C1=C(O)C(O)(O)C2CC3(O)Cc4c(O)c(O)c(O)c(O)c4C(=O)C3=C(O)C2(N=O)C1=O. The van der Waals surface area contributed by atoms with Crippen LogP contribution in [0.1, 0.15) is 22.3 Å². The third-order valence-corrected chi connectivity index (χ3v) is 6.56. The van der Waals surface area contributed by atoms with Crippen molar-refractivity contribution in [2.75, 3.05) is 0 Å². The quantitative estimate of drug-likeness (QED) is 0.0712. The van der Waals surface area contributed by atoms with Gasteiger partial charge in [0, 0.05) is 12.0 Å². The first-order chi connectivity index (χ1) is 15.6. The Morgan fingerprint density at radius 1 is 0.912 bits per heavy atom. The van der Waals surface area contributed by atoms with Gasteiger partial charge in [0.15, 0.2) is 23.0 Å². The Morgan fingerprint density at radius 2 is 1.47 bits per heavy atom. The fourth-order valence-corrected chi connectivity index (χ4v) is 4.95. The number of nitrogens with two attached hydrogens (primary N) is 1. The number of carbonyl (C=O) groups excluding carboxylic acids is 3. The molecule has 0 saturated heterocycles. The van der Waals surface area contributed by atoms with E-state index in [2.05, 4.69) is 5.18 Å². The third kappa shape index (κ3) is 2.32. The van der Waals surface area contributed by atoms with Crippen molar-refractivity contribution in [3.63, 3.8) is 0 Å².